The van der Waals surface area contributed by atoms with E-state index < -0.39 is 6.10 Å². The van der Waals surface area contributed by atoms with Gasteiger partial charge in [0.25, 0.3) is 0 Å². The smallest absolute Gasteiger partial charge is 0.196 e. The van der Waals surface area contributed by atoms with Crippen LogP contribution >= 0.6 is 11.8 Å². The second-order valence-corrected chi connectivity index (χ2v) is 7.98. The molecule has 0 radical (unpaired) electrons. The Labute approximate surface area is 178 Å². The van der Waals surface area contributed by atoms with Crippen LogP contribution in [0.4, 0.5) is 4.39 Å². The van der Waals surface area contributed by atoms with Crippen LogP contribution in [0.25, 0.3) is 17.1 Å². The standard InChI is InChI=1S/C21H23FN4O3S/c22-16-3-5-17(6-4-16)26-20(15-7-9-23-10-8-15)24-25-21(26)30-14-18(27)12-28-13-19-2-1-11-29-19/h3-10,18-19,27H,1-2,11-14H2/t18-,19+/m0/s1. The minimum Gasteiger partial charge on any atom is -0.390 e. The average molecular weight is 431 g/mol. The lowest BCUT2D eigenvalue weighted by molar-refractivity contribution is -0.0114. The Balaban J connectivity index is 1.45. The Morgan fingerprint density at radius 2 is 2.00 bits per heavy atom. The predicted octanol–water partition coefficient (Wildman–Crippen LogP) is 3.12. The Morgan fingerprint density at radius 1 is 1.20 bits per heavy atom. The first-order valence-electron chi connectivity index (χ1n) is 9.82. The van der Waals surface area contributed by atoms with Gasteiger partial charge in [-0.05, 0) is 49.2 Å². The number of aliphatic hydroxyl groups excluding tert-OH is 1. The van der Waals surface area contributed by atoms with Gasteiger partial charge >= 0.3 is 0 Å². The van der Waals surface area contributed by atoms with Crippen molar-refractivity contribution >= 4 is 11.8 Å². The molecule has 1 N–H and O–H groups in total. The van der Waals surface area contributed by atoms with E-state index in [1.807, 2.05) is 16.7 Å². The Bertz CT molecular complexity index is 933. The highest BCUT2D eigenvalue weighted by atomic mass is 32.2. The maximum absolute atomic E-state index is 13.4. The van der Waals surface area contributed by atoms with E-state index in [2.05, 4.69) is 15.2 Å². The molecule has 3 aromatic rings. The van der Waals surface area contributed by atoms with Gasteiger partial charge in [-0.25, -0.2) is 4.39 Å². The van der Waals surface area contributed by atoms with Gasteiger partial charge in [0.05, 0.1) is 25.4 Å². The van der Waals surface area contributed by atoms with Crippen LogP contribution in [-0.2, 0) is 9.47 Å². The molecule has 7 nitrogen and oxygen atoms in total. The molecule has 1 aliphatic heterocycles. The summed E-state index contributed by atoms with van der Waals surface area (Å²) in [6.07, 6.45) is 4.91. The molecule has 0 bridgehead atoms. The summed E-state index contributed by atoms with van der Waals surface area (Å²) in [7, 11) is 0. The van der Waals surface area contributed by atoms with Crippen LogP contribution in [-0.4, -0.2) is 62.6 Å². The Kier molecular flexibility index (Phi) is 7.06. The fourth-order valence-corrected chi connectivity index (χ4v) is 4.06. The third-order valence-electron chi connectivity index (χ3n) is 4.70. The van der Waals surface area contributed by atoms with Gasteiger partial charge in [-0.3, -0.25) is 9.55 Å². The molecule has 1 aliphatic rings. The molecule has 0 aliphatic carbocycles. The lowest BCUT2D eigenvalue weighted by Gasteiger charge is -2.14. The number of aliphatic hydroxyl groups is 1. The van der Waals surface area contributed by atoms with Crippen molar-refractivity contribution in [1.82, 2.24) is 19.7 Å². The number of benzene rings is 1. The van der Waals surface area contributed by atoms with Gasteiger partial charge in [0, 0.05) is 36.0 Å². The third kappa shape index (κ3) is 5.23. The molecule has 0 spiro atoms. The molecule has 158 valence electrons. The number of pyridine rings is 1. The SMILES string of the molecule is O[C@@H](COC[C@H]1CCCO1)CSc1nnc(-c2ccncc2)n1-c1ccc(F)cc1. The van der Waals surface area contributed by atoms with Crippen LogP contribution in [0.15, 0.2) is 53.9 Å². The van der Waals surface area contributed by atoms with E-state index in [1.165, 1.54) is 23.9 Å². The summed E-state index contributed by atoms with van der Waals surface area (Å²) in [6.45, 7) is 1.51. The normalized spacial score (nSPS) is 17.3. The molecule has 9 heteroatoms. The molecular weight excluding hydrogens is 407 g/mol. The molecule has 4 rings (SSSR count). The topological polar surface area (TPSA) is 82.3 Å². The molecule has 1 aromatic carbocycles. The third-order valence-corrected chi connectivity index (χ3v) is 5.77. The van der Waals surface area contributed by atoms with Crippen LogP contribution in [0.3, 0.4) is 0 Å². The molecule has 0 unspecified atom stereocenters. The molecule has 30 heavy (non-hydrogen) atoms. The molecule has 2 aromatic heterocycles. The van der Waals surface area contributed by atoms with E-state index >= 15 is 0 Å². The minimum atomic E-state index is -0.654. The second-order valence-electron chi connectivity index (χ2n) is 6.99. The van der Waals surface area contributed by atoms with Crippen LogP contribution in [0.5, 0.6) is 0 Å². The van der Waals surface area contributed by atoms with E-state index in [0.717, 1.165) is 30.7 Å². The summed E-state index contributed by atoms with van der Waals surface area (Å²) in [5.74, 6) is 0.696. The van der Waals surface area contributed by atoms with Gasteiger partial charge in [0.2, 0.25) is 0 Å². The van der Waals surface area contributed by atoms with E-state index in [1.54, 1.807) is 24.5 Å². The second kappa shape index (κ2) is 10.1. The summed E-state index contributed by atoms with van der Waals surface area (Å²) in [4.78, 5) is 4.04. The zero-order valence-corrected chi connectivity index (χ0v) is 17.2. The van der Waals surface area contributed by atoms with Crippen molar-refractivity contribution in [3.8, 4) is 17.1 Å². The zero-order chi connectivity index (χ0) is 20.8. The largest absolute Gasteiger partial charge is 0.390 e. The average Bonchev–Trinajstić information content (AvgIpc) is 3.43. The first kappa shape index (κ1) is 20.9. The van der Waals surface area contributed by atoms with Crippen LogP contribution in [0.1, 0.15) is 12.8 Å². The number of halogens is 1. The quantitative estimate of drug-likeness (QED) is 0.522. The molecule has 3 heterocycles. The van der Waals surface area contributed by atoms with Gasteiger partial charge in [0.15, 0.2) is 11.0 Å². The molecule has 1 fully saturated rings. The van der Waals surface area contributed by atoms with Gasteiger partial charge in [0.1, 0.15) is 5.82 Å². The summed E-state index contributed by atoms with van der Waals surface area (Å²) in [5.41, 5.74) is 1.58. The molecular formula is C21H23FN4O3S. The number of thioether (sulfide) groups is 1. The molecule has 2 atom stereocenters. The van der Waals surface area contributed by atoms with E-state index in [-0.39, 0.29) is 18.5 Å². The van der Waals surface area contributed by atoms with E-state index in [4.69, 9.17) is 9.47 Å². The lowest BCUT2D eigenvalue weighted by atomic mass is 10.2. The molecule has 0 amide bonds. The maximum atomic E-state index is 13.4. The Morgan fingerprint density at radius 3 is 2.73 bits per heavy atom. The number of ether oxygens (including phenoxy) is 2. The van der Waals surface area contributed by atoms with Crippen molar-refractivity contribution in [3.63, 3.8) is 0 Å². The van der Waals surface area contributed by atoms with Crippen molar-refractivity contribution in [2.75, 3.05) is 25.6 Å². The Hall–Kier alpha value is -2.33. The lowest BCUT2D eigenvalue weighted by Crippen LogP contribution is -2.22. The predicted molar refractivity (Wildman–Crippen MR) is 111 cm³/mol. The van der Waals surface area contributed by atoms with Crippen molar-refractivity contribution in [1.29, 1.82) is 0 Å². The van der Waals surface area contributed by atoms with E-state index in [9.17, 15) is 9.50 Å². The zero-order valence-electron chi connectivity index (χ0n) is 16.4. The fraction of sp³-hybridized carbons (Fsp3) is 0.381. The highest BCUT2D eigenvalue weighted by Gasteiger charge is 2.19. The minimum absolute atomic E-state index is 0.134. The number of hydrogen-bond acceptors (Lipinski definition) is 7. The fourth-order valence-electron chi connectivity index (χ4n) is 3.20. The van der Waals surface area contributed by atoms with Crippen LogP contribution in [0.2, 0.25) is 0 Å². The number of hydrogen-bond donors (Lipinski definition) is 1. The first-order valence-corrected chi connectivity index (χ1v) is 10.8. The highest BCUT2D eigenvalue weighted by Crippen LogP contribution is 2.28. The van der Waals surface area contributed by atoms with Crippen molar-refractivity contribution < 1.29 is 19.0 Å². The van der Waals surface area contributed by atoms with Gasteiger partial charge < -0.3 is 14.6 Å². The summed E-state index contributed by atoms with van der Waals surface area (Å²) < 4.78 is 26.4. The molecule has 0 saturated carbocycles. The monoisotopic (exact) mass is 430 g/mol. The number of aromatic nitrogens is 4. The maximum Gasteiger partial charge on any atom is 0.196 e. The van der Waals surface area contributed by atoms with Crippen molar-refractivity contribution in [2.45, 2.75) is 30.2 Å². The summed E-state index contributed by atoms with van der Waals surface area (Å²) in [6, 6.07) is 9.82. The number of rotatable bonds is 9. The van der Waals surface area contributed by atoms with Crippen LogP contribution < -0.4 is 0 Å². The highest BCUT2D eigenvalue weighted by molar-refractivity contribution is 7.99. The molecule has 1 saturated heterocycles. The van der Waals surface area contributed by atoms with Crippen molar-refractivity contribution in [3.05, 3.63) is 54.6 Å². The number of nitrogens with zero attached hydrogens (tertiary/aromatic N) is 4. The summed E-state index contributed by atoms with van der Waals surface area (Å²) in [5, 5.41) is 19.5. The van der Waals surface area contributed by atoms with Crippen molar-refractivity contribution in [2.24, 2.45) is 0 Å². The van der Waals surface area contributed by atoms with Gasteiger partial charge in [-0.2, -0.15) is 0 Å². The first-order chi connectivity index (χ1) is 14.7. The van der Waals surface area contributed by atoms with E-state index in [0.29, 0.717) is 23.3 Å². The van der Waals surface area contributed by atoms with Gasteiger partial charge in [-0.15, -0.1) is 10.2 Å². The van der Waals surface area contributed by atoms with Crippen LogP contribution in [0, 0.1) is 5.82 Å². The van der Waals surface area contributed by atoms with Gasteiger partial charge in [-0.1, -0.05) is 11.8 Å². The summed E-state index contributed by atoms with van der Waals surface area (Å²) >= 11 is 1.37.